The maximum Gasteiger partial charge on any atom is 0.314 e. The van der Waals surface area contributed by atoms with Crippen molar-refractivity contribution < 1.29 is 9.53 Å². The lowest BCUT2D eigenvalue weighted by Crippen LogP contribution is -1.95. The first kappa shape index (κ1) is 8.69. The minimum Gasteiger partial charge on any atom is -0.435 e. The van der Waals surface area contributed by atoms with Crippen molar-refractivity contribution in [1.29, 1.82) is 0 Å². The number of rotatable bonds is 4. The molecule has 2 heteroatoms. The summed E-state index contributed by atoms with van der Waals surface area (Å²) >= 11 is 0. The fourth-order valence-electron chi connectivity index (χ4n) is 0.402. The molecule has 0 aliphatic carbocycles. The molecule has 0 aromatic rings. The van der Waals surface area contributed by atoms with Gasteiger partial charge >= 0.3 is 5.97 Å². The Bertz CT molecular complexity index is 157. The lowest BCUT2D eigenvalue weighted by molar-refractivity contribution is -0.136. The Labute approximate surface area is 60.5 Å². The third-order valence-electron chi connectivity index (χ3n) is 0.771. The van der Waals surface area contributed by atoms with E-state index in [0.717, 1.165) is 6.26 Å². The van der Waals surface area contributed by atoms with Crippen LogP contribution in [0.3, 0.4) is 0 Å². The third kappa shape index (κ3) is 4.84. The van der Waals surface area contributed by atoms with Gasteiger partial charge in [0, 0.05) is 0 Å². The standard InChI is InChI=1S/C8H10O2/c1-3-5-6-7-8(9)10-4-2/h3-6H,1-2,7H2. The van der Waals surface area contributed by atoms with Crippen molar-refractivity contribution in [1.82, 2.24) is 0 Å². The Morgan fingerprint density at radius 3 is 2.70 bits per heavy atom. The Morgan fingerprint density at radius 2 is 2.20 bits per heavy atom. The van der Waals surface area contributed by atoms with Crippen LogP contribution in [0.15, 0.2) is 37.6 Å². The van der Waals surface area contributed by atoms with Crippen molar-refractivity contribution in [3.8, 4) is 0 Å². The van der Waals surface area contributed by atoms with E-state index >= 15 is 0 Å². The lowest BCUT2D eigenvalue weighted by Gasteiger charge is -1.90. The highest BCUT2D eigenvalue weighted by Gasteiger charge is 1.93. The zero-order valence-corrected chi connectivity index (χ0v) is 5.75. The summed E-state index contributed by atoms with van der Waals surface area (Å²) in [5.74, 6) is -0.312. The van der Waals surface area contributed by atoms with Gasteiger partial charge in [-0.1, -0.05) is 31.4 Å². The van der Waals surface area contributed by atoms with E-state index in [1.165, 1.54) is 0 Å². The topological polar surface area (TPSA) is 26.3 Å². The van der Waals surface area contributed by atoms with Crippen molar-refractivity contribution in [3.63, 3.8) is 0 Å². The quantitative estimate of drug-likeness (QED) is 0.336. The van der Waals surface area contributed by atoms with E-state index < -0.39 is 0 Å². The number of carbonyl (C=O) groups excluding carboxylic acids is 1. The number of allylic oxidation sites excluding steroid dienone is 2. The molecular weight excluding hydrogens is 128 g/mol. The SMILES string of the molecule is C=CC=CCC(=O)OC=C. The Morgan fingerprint density at radius 1 is 1.50 bits per heavy atom. The molecule has 54 valence electrons. The summed E-state index contributed by atoms with van der Waals surface area (Å²) < 4.78 is 4.43. The molecule has 0 aromatic carbocycles. The molecule has 0 spiro atoms. The molecule has 0 bridgehead atoms. The number of esters is 1. The third-order valence-corrected chi connectivity index (χ3v) is 0.771. The van der Waals surface area contributed by atoms with Crippen molar-refractivity contribution in [3.05, 3.63) is 37.6 Å². The van der Waals surface area contributed by atoms with Crippen LogP contribution in [0.5, 0.6) is 0 Å². The first-order valence-electron chi connectivity index (χ1n) is 2.89. The van der Waals surface area contributed by atoms with Crippen LogP contribution in [0.1, 0.15) is 6.42 Å². The zero-order chi connectivity index (χ0) is 7.82. The van der Waals surface area contributed by atoms with Crippen LogP contribution in [0, 0.1) is 0 Å². The molecule has 0 aromatic heterocycles. The van der Waals surface area contributed by atoms with Gasteiger partial charge in [0.1, 0.15) is 0 Å². The van der Waals surface area contributed by atoms with Crippen LogP contribution in [0.4, 0.5) is 0 Å². The average Bonchev–Trinajstić information content (AvgIpc) is 1.89. The Hall–Kier alpha value is -1.31. The maximum absolute atomic E-state index is 10.5. The van der Waals surface area contributed by atoms with Gasteiger partial charge in [0.25, 0.3) is 0 Å². The minimum absolute atomic E-state index is 0.262. The first-order valence-corrected chi connectivity index (χ1v) is 2.89. The van der Waals surface area contributed by atoms with Gasteiger partial charge in [0.05, 0.1) is 12.7 Å². The highest BCUT2D eigenvalue weighted by Crippen LogP contribution is 1.88. The van der Waals surface area contributed by atoms with Gasteiger partial charge in [0.2, 0.25) is 0 Å². The Kier molecular flexibility index (Phi) is 5.06. The van der Waals surface area contributed by atoms with E-state index in [9.17, 15) is 4.79 Å². The molecule has 0 saturated heterocycles. The smallest absolute Gasteiger partial charge is 0.314 e. The highest BCUT2D eigenvalue weighted by atomic mass is 16.5. The van der Waals surface area contributed by atoms with Gasteiger partial charge < -0.3 is 4.74 Å². The summed E-state index contributed by atoms with van der Waals surface area (Å²) in [5.41, 5.74) is 0. The second kappa shape index (κ2) is 5.82. The number of ether oxygens (including phenoxy) is 1. The van der Waals surface area contributed by atoms with Crippen molar-refractivity contribution in [2.24, 2.45) is 0 Å². The summed E-state index contributed by atoms with van der Waals surface area (Å²) in [7, 11) is 0. The lowest BCUT2D eigenvalue weighted by atomic mass is 10.4. The molecule has 2 nitrogen and oxygen atoms in total. The van der Waals surface area contributed by atoms with Gasteiger partial charge in [-0.15, -0.1) is 0 Å². The van der Waals surface area contributed by atoms with Crippen LogP contribution < -0.4 is 0 Å². The van der Waals surface area contributed by atoms with Crippen LogP contribution in [-0.4, -0.2) is 5.97 Å². The fraction of sp³-hybridized carbons (Fsp3) is 0.125. The molecule has 0 aliphatic rings. The molecule has 0 rings (SSSR count). The van der Waals surface area contributed by atoms with E-state index in [4.69, 9.17) is 0 Å². The van der Waals surface area contributed by atoms with E-state index in [1.807, 2.05) is 0 Å². The largest absolute Gasteiger partial charge is 0.435 e. The summed E-state index contributed by atoms with van der Waals surface area (Å²) in [6.07, 6.45) is 6.33. The van der Waals surface area contributed by atoms with Crippen molar-refractivity contribution in [2.45, 2.75) is 6.42 Å². The molecule has 0 fully saturated rings. The van der Waals surface area contributed by atoms with Gasteiger partial charge in [0.15, 0.2) is 0 Å². The van der Waals surface area contributed by atoms with E-state index in [0.29, 0.717) is 0 Å². The predicted molar refractivity (Wildman–Crippen MR) is 40.2 cm³/mol. The van der Waals surface area contributed by atoms with Gasteiger partial charge in [-0.05, 0) is 0 Å². The predicted octanol–water partition coefficient (Wildman–Crippen LogP) is 1.81. The van der Waals surface area contributed by atoms with Crippen molar-refractivity contribution in [2.75, 3.05) is 0 Å². The average molecular weight is 138 g/mol. The normalized spacial score (nSPS) is 9.20. The number of hydrogen-bond donors (Lipinski definition) is 0. The van der Waals surface area contributed by atoms with Crippen LogP contribution in [0.2, 0.25) is 0 Å². The number of carbonyl (C=O) groups is 1. The second-order valence-electron chi connectivity index (χ2n) is 1.52. The summed E-state index contributed by atoms with van der Waals surface area (Å²) in [6.45, 7) is 6.69. The first-order chi connectivity index (χ1) is 4.81. The minimum atomic E-state index is -0.312. The number of hydrogen-bond acceptors (Lipinski definition) is 2. The fourth-order valence-corrected chi connectivity index (χ4v) is 0.402. The zero-order valence-electron chi connectivity index (χ0n) is 5.75. The summed E-state index contributed by atoms with van der Waals surface area (Å²) in [5, 5.41) is 0. The van der Waals surface area contributed by atoms with Crippen molar-refractivity contribution >= 4 is 5.97 Å². The molecule has 0 saturated carbocycles. The van der Waals surface area contributed by atoms with E-state index in [1.54, 1.807) is 18.2 Å². The van der Waals surface area contributed by atoms with Crippen LogP contribution in [-0.2, 0) is 9.53 Å². The molecule has 0 heterocycles. The van der Waals surface area contributed by atoms with Crippen LogP contribution in [0.25, 0.3) is 0 Å². The van der Waals surface area contributed by atoms with E-state index in [-0.39, 0.29) is 12.4 Å². The van der Waals surface area contributed by atoms with Gasteiger partial charge in [-0.25, -0.2) is 0 Å². The van der Waals surface area contributed by atoms with E-state index in [2.05, 4.69) is 17.9 Å². The summed E-state index contributed by atoms with van der Waals surface area (Å²) in [6, 6.07) is 0. The second-order valence-corrected chi connectivity index (χ2v) is 1.52. The van der Waals surface area contributed by atoms with Gasteiger partial charge in [-0.3, -0.25) is 4.79 Å². The molecule has 0 N–H and O–H groups in total. The monoisotopic (exact) mass is 138 g/mol. The molecule has 0 radical (unpaired) electrons. The Balaban J connectivity index is 3.47. The maximum atomic E-state index is 10.5. The van der Waals surface area contributed by atoms with Gasteiger partial charge in [-0.2, -0.15) is 0 Å². The van der Waals surface area contributed by atoms with Crippen LogP contribution >= 0.6 is 0 Å². The molecule has 0 aliphatic heterocycles. The molecule has 0 amide bonds. The molecular formula is C8H10O2. The molecule has 0 atom stereocenters. The summed E-state index contributed by atoms with van der Waals surface area (Å²) in [4.78, 5) is 10.5. The highest BCUT2D eigenvalue weighted by molar-refractivity contribution is 5.71. The molecule has 10 heavy (non-hydrogen) atoms. The molecule has 0 unspecified atom stereocenters.